The van der Waals surface area contributed by atoms with Crippen molar-refractivity contribution >= 4 is 0 Å². The van der Waals surface area contributed by atoms with Gasteiger partial charge >= 0.3 is 0 Å². The lowest BCUT2D eigenvalue weighted by Crippen LogP contribution is -2.28. The van der Waals surface area contributed by atoms with Gasteiger partial charge in [0.05, 0.1) is 7.11 Å². The molecule has 0 radical (unpaired) electrons. The van der Waals surface area contributed by atoms with E-state index >= 15 is 0 Å². The molecule has 1 aromatic rings. The summed E-state index contributed by atoms with van der Waals surface area (Å²) in [5, 5.41) is 3.64. The van der Waals surface area contributed by atoms with Gasteiger partial charge in [0.1, 0.15) is 5.75 Å². The summed E-state index contributed by atoms with van der Waals surface area (Å²) in [6.45, 7) is 4.41. The first-order valence-electron chi connectivity index (χ1n) is 6.58. The van der Waals surface area contributed by atoms with Crippen LogP contribution in [0.1, 0.15) is 37.3 Å². The van der Waals surface area contributed by atoms with Crippen molar-refractivity contribution in [1.29, 1.82) is 0 Å². The van der Waals surface area contributed by atoms with Gasteiger partial charge in [-0.25, -0.2) is 0 Å². The summed E-state index contributed by atoms with van der Waals surface area (Å²) in [6.07, 6.45) is 4.98. The zero-order chi connectivity index (χ0) is 12.3. The average Bonchev–Trinajstić information content (AvgIpc) is 3.10. The van der Waals surface area contributed by atoms with Gasteiger partial charge in [-0.05, 0) is 51.2 Å². The fourth-order valence-corrected chi connectivity index (χ4v) is 2.21. The molecule has 0 saturated heterocycles. The van der Waals surface area contributed by atoms with Crippen LogP contribution in [0, 0.1) is 6.92 Å². The van der Waals surface area contributed by atoms with E-state index in [2.05, 4.69) is 37.4 Å². The maximum atomic E-state index is 5.41. The number of rotatable bonds is 6. The molecular weight excluding hydrogens is 210 g/mol. The SMILES string of the molecule is COc1ccc(C)cc1CCC(C)NC1CC1. The second-order valence-electron chi connectivity index (χ2n) is 5.20. The molecule has 0 aromatic heterocycles. The molecule has 0 bridgehead atoms. The lowest BCUT2D eigenvalue weighted by molar-refractivity contribution is 0.407. The fourth-order valence-electron chi connectivity index (χ4n) is 2.21. The molecule has 1 aliphatic carbocycles. The van der Waals surface area contributed by atoms with E-state index in [0.29, 0.717) is 6.04 Å². The molecule has 94 valence electrons. The summed E-state index contributed by atoms with van der Waals surface area (Å²) in [5.74, 6) is 1.02. The Kier molecular flexibility index (Phi) is 4.06. The van der Waals surface area contributed by atoms with Gasteiger partial charge in [0.25, 0.3) is 0 Å². The Hall–Kier alpha value is -1.02. The van der Waals surface area contributed by atoms with Gasteiger partial charge in [-0.1, -0.05) is 17.7 Å². The molecule has 1 saturated carbocycles. The van der Waals surface area contributed by atoms with Crippen molar-refractivity contribution in [2.24, 2.45) is 0 Å². The average molecular weight is 233 g/mol. The van der Waals surface area contributed by atoms with Crippen LogP contribution in [0.4, 0.5) is 0 Å². The maximum Gasteiger partial charge on any atom is 0.122 e. The number of methoxy groups -OCH3 is 1. The summed E-state index contributed by atoms with van der Waals surface area (Å²) < 4.78 is 5.41. The molecule has 0 heterocycles. The van der Waals surface area contributed by atoms with E-state index in [-0.39, 0.29) is 0 Å². The third kappa shape index (κ3) is 3.74. The molecule has 2 heteroatoms. The molecule has 1 atom stereocenters. The predicted molar refractivity (Wildman–Crippen MR) is 71.7 cm³/mol. The fraction of sp³-hybridized carbons (Fsp3) is 0.600. The highest BCUT2D eigenvalue weighted by Gasteiger charge is 2.22. The van der Waals surface area contributed by atoms with Crippen LogP contribution in [-0.4, -0.2) is 19.2 Å². The number of hydrogen-bond acceptors (Lipinski definition) is 2. The van der Waals surface area contributed by atoms with Gasteiger partial charge in [0.2, 0.25) is 0 Å². The Balaban J connectivity index is 1.89. The van der Waals surface area contributed by atoms with Gasteiger partial charge in [0.15, 0.2) is 0 Å². The molecule has 17 heavy (non-hydrogen) atoms. The molecule has 1 unspecified atom stereocenters. The quantitative estimate of drug-likeness (QED) is 0.815. The Labute approximate surface area is 104 Å². The van der Waals surface area contributed by atoms with E-state index in [1.165, 1.54) is 30.4 Å². The van der Waals surface area contributed by atoms with Crippen molar-refractivity contribution in [1.82, 2.24) is 5.32 Å². The lowest BCUT2D eigenvalue weighted by atomic mass is 10.0. The van der Waals surface area contributed by atoms with E-state index in [0.717, 1.165) is 18.2 Å². The van der Waals surface area contributed by atoms with Crippen LogP contribution in [0.3, 0.4) is 0 Å². The molecular formula is C15H23NO. The van der Waals surface area contributed by atoms with Crippen LogP contribution in [0.15, 0.2) is 18.2 Å². The minimum absolute atomic E-state index is 0.604. The number of ether oxygens (including phenoxy) is 1. The molecule has 2 nitrogen and oxygen atoms in total. The second-order valence-corrected chi connectivity index (χ2v) is 5.20. The molecule has 1 fully saturated rings. The van der Waals surface area contributed by atoms with Crippen LogP contribution >= 0.6 is 0 Å². The van der Waals surface area contributed by atoms with Crippen LogP contribution in [0.2, 0.25) is 0 Å². The Morgan fingerprint density at radius 1 is 1.41 bits per heavy atom. The number of nitrogens with one attached hydrogen (secondary N) is 1. The van der Waals surface area contributed by atoms with Gasteiger partial charge in [0, 0.05) is 12.1 Å². The van der Waals surface area contributed by atoms with Crippen molar-refractivity contribution in [3.8, 4) is 5.75 Å². The van der Waals surface area contributed by atoms with E-state index in [1.807, 2.05) is 0 Å². The molecule has 2 rings (SSSR count). The topological polar surface area (TPSA) is 21.3 Å². The predicted octanol–water partition coefficient (Wildman–Crippen LogP) is 3.08. The van der Waals surface area contributed by atoms with Crippen LogP contribution in [-0.2, 0) is 6.42 Å². The second kappa shape index (κ2) is 5.54. The zero-order valence-corrected chi connectivity index (χ0v) is 11.1. The van der Waals surface area contributed by atoms with Gasteiger partial charge in [-0.2, -0.15) is 0 Å². The largest absolute Gasteiger partial charge is 0.496 e. The maximum absolute atomic E-state index is 5.41. The van der Waals surface area contributed by atoms with Crippen LogP contribution < -0.4 is 10.1 Å². The van der Waals surface area contributed by atoms with Crippen LogP contribution in [0.25, 0.3) is 0 Å². The smallest absolute Gasteiger partial charge is 0.122 e. The first-order chi connectivity index (χ1) is 8.19. The normalized spacial score (nSPS) is 16.9. The van der Waals surface area contributed by atoms with E-state index in [1.54, 1.807) is 7.11 Å². The summed E-state index contributed by atoms with van der Waals surface area (Å²) in [6, 6.07) is 7.82. The number of hydrogen-bond donors (Lipinski definition) is 1. The van der Waals surface area contributed by atoms with Crippen molar-refractivity contribution in [3.63, 3.8) is 0 Å². The lowest BCUT2D eigenvalue weighted by Gasteiger charge is -2.15. The van der Waals surface area contributed by atoms with E-state index in [9.17, 15) is 0 Å². The van der Waals surface area contributed by atoms with Gasteiger partial charge < -0.3 is 10.1 Å². The number of benzene rings is 1. The first kappa shape index (κ1) is 12.4. The molecule has 1 aromatic carbocycles. The third-order valence-corrected chi connectivity index (χ3v) is 3.38. The van der Waals surface area contributed by atoms with Crippen molar-refractivity contribution in [2.75, 3.05) is 7.11 Å². The minimum Gasteiger partial charge on any atom is -0.496 e. The molecule has 0 aliphatic heterocycles. The highest BCUT2D eigenvalue weighted by Crippen LogP contribution is 2.23. The summed E-state index contributed by atoms with van der Waals surface area (Å²) in [5.41, 5.74) is 2.64. The standard InChI is InChI=1S/C15H23NO/c1-11-4-9-15(17-3)13(10-11)6-5-12(2)16-14-7-8-14/h4,9-10,12,14,16H,5-8H2,1-3H3. The monoisotopic (exact) mass is 233 g/mol. The first-order valence-corrected chi connectivity index (χ1v) is 6.58. The molecule has 1 aliphatic rings. The Morgan fingerprint density at radius 2 is 2.18 bits per heavy atom. The van der Waals surface area contributed by atoms with Gasteiger partial charge in [-0.15, -0.1) is 0 Å². The van der Waals surface area contributed by atoms with Gasteiger partial charge in [-0.3, -0.25) is 0 Å². The van der Waals surface area contributed by atoms with Crippen LogP contribution in [0.5, 0.6) is 5.75 Å². The van der Waals surface area contributed by atoms with Crippen molar-refractivity contribution in [2.45, 2.75) is 51.6 Å². The summed E-state index contributed by atoms with van der Waals surface area (Å²) >= 11 is 0. The number of aryl methyl sites for hydroxylation is 2. The highest BCUT2D eigenvalue weighted by atomic mass is 16.5. The Bertz CT molecular complexity index is 371. The van der Waals surface area contributed by atoms with Crippen molar-refractivity contribution < 1.29 is 4.74 Å². The minimum atomic E-state index is 0.604. The van der Waals surface area contributed by atoms with Crippen molar-refractivity contribution in [3.05, 3.63) is 29.3 Å². The third-order valence-electron chi connectivity index (χ3n) is 3.38. The van der Waals surface area contributed by atoms with E-state index < -0.39 is 0 Å². The van der Waals surface area contributed by atoms with E-state index in [4.69, 9.17) is 4.74 Å². The highest BCUT2D eigenvalue weighted by molar-refractivity contribution is 5.36. The summed E-state index contributed by atoms with van der Waals surface area (Å²) in [4.78, 5) is 0. The zero-order valence-electron chi connectivity index (χ0n) is 11.1. The molecule has 0 amide bonds. The Morgan fingerprint density at radius 3 is 2.82 bits per heavy atom. The molecule has 1 N–H and O–H groups in total. The summed E-state index contributed by atoms with van der Waals surface area (Å²) in [7, 11) is 1.75. The molecule has 0 spiro atoms.